The number of nitrogens with one attached hydrogen (secondary N) is 1. The van der Waals surface area contributed by atoms with Gasteiger partial charge < -0.3 is 14.9 Å². The summed E-state index contributed by atoms with van der Waals surface area (Å²) in [5.41, 5.74) is 1.31. The van der Waals surface area contributed by atoms with Crippen LogP contribution in [0.3, 0.4) is 0 Å². The second-order valence-corrected chi connectivity index (χ2v) is 5.65. The molecular formula is C18H19ClN2O3. The lowest BCUT2D eigenvalue weighted by Crippen LogP contribution is -2.17. The lowest BCUT2D eigenvalue weighted by molar-refractivity contribution is -0.120. The maximum absolute atomic E-state index is 11.8. The topological polar surface area (TPSA) is 59.9 Å². The molecule has 1 N–H and O–H groups in total. The summed E-state index contributed by atoms with van der Waals surface area (Å²) < 4.78 is 5.67. The molecule has 0 bridgehead atoms. The number of nitrogens with zero attached hydrogens (tertiary/aromatic N) is 1. The van der Waals surface area contributed by atoms with E-state index in [9.17, 15) is 4.79 Å². The maximum Gasteiger partial charge on any atom is 0.265 e. The van der Waals surface area contributed by atoms with Crippen LogP contribution in [0.5, 0.6) is 5.75 Å². The summed E-state index contributed by atoms with van der Waals surface area (Å²) in [6.07, 6.45) is 1.57. The van der Waals surface area contributed by atoms with E-state index < -0.39 is 0 Å². The van der Waals surface area contributed by atoms with Crippen molar-refractivity contribution in [3.63, 3.8) is 0 Å². The Morgan fingerprint density at radius 1 is 1.21 bits per heavy atom. The van der Waals surface area contributed by atoms with Gasteiger partial charge in [0.2, 0.25) is 0 Å². The van der Waals surface area contributed by atoms with Crippen LogP contribution in [0.1, 0.15) is 19.4 Å². The second kappa shape index (κ2) is 8.93. The maximum atomic E-state index is 11.8. The highest BCUT2D eigenvalue weighted by molar-refractivity contribution is 6.33. The SMILES string of the molecule is CC(C)Oc1ccccc1C=NOCC(=O)Nc1ccccc1Cl. The largest absolute Gasteiger partial charge is 0.490 e. The monoisotopic (exact) mass is 346 g/mol. The van der Waals surface area contributed by atoms with Gasteiger partial charge in [-0.05, 0) is 38.1 Å². The first-order valence-electron chi connectivity index (χ1n) is 7.51. The van der Waals surface area contributed by atoms with Gasteiger partial charge in [0.25, 0.3) is 5.91 Å². The van der Waals surface area contributed by atoms with E-state index in [1.807, 2.05) is 38.1 Å². The predicted molar refractivity (Wildman–Crippen MR) is 95.8 cm³/mol. The molecule has 6 heteroatoms. The van der Waals surface area contributed by atoms with Crippen molar-refractivity contribution < 1.29 is 14.4 Å². The number of oxime groups is 1. The number of hydrogen-bond acceptors (Lipinski definition) is 4. The Labute approximate surface area is 146 Å². The molecule has 0 unspecified atom stereocenters. The minimum Gasteiger partial charge on any atom is -0.490 e. The smallest absolute Gasteiger partial charge is 0.265 e. The number of rotatable bonds is 7. The van der Waals surface area contributed by atoms with Gasteiger partial charge in [0.05, 0.1) is 23.0 Å². The highest BCUT2D eigenvalue weighted by atomic mass is 35.5. The molecule has 24 heavy (non-hydrogen) atoms. The molecule has 0 fully saturated rings. The number of halogens is 1. The minimum absolute atomic E-state index is 0.0573. The van der Waals surface area contributed by atoms with E-state index in [2.05, 4.69) is 10.5 Å². The van der Waals surface area contributed by atoms with Crippen molar-refractivity contribution in [2.75, 3.05) is 11.9 Å². The minimum atomic E-state index is -0.341. The first-order valence-corrected chi connectivity index (χ1v) is 7.89. The Hall–Kier alpha value is -2.53. The molecule has 5 nitrogen and oxygen atoms in total. The Balaban J connectivity index is 1.87. The van der Waals surface area contributed by atoms with Crippen LogP contribution in [-0.4, -0.2) is 24.8 Å². The Kier molecular flexibility index (Phi) is 6.63. The van der Waals surface area contributed by atoms with Gasteiger partial charge in [0, 0.05) is 5.56 Å². The van der Waals surface area contributed by atoms with Crippen LogP contribution in [0.4, 0.5) is 5.69 Å². The van der Waals surface area contributed by atoms with Crippen molar-refractivity contribution in [3.05, 3.63) is 59.1 Å². The Morgan fingerprint density at radius 2 is 1.92 bits per heavy atom. The second-order valence-electron chi connectivity index (χ2n) is 5.24. The van der Waals surface area contributed by atoms with Gasteiger partial charge in [-0.1, -0.05) is 41.0 Å². The molecule has 0 atom stereocenters. The molecule has 0 spiro atoms. The summed E-state index contributed by atoms with van der Waals surface area (Å²) in [5.74, 6) is 0.368. The van der Waals surface area contributed by atoms with Crippen molar-refractivity contribution in [2.45, 2.75) is 20.0 Å². The quantitative estimate of drug-likeness (QED) is 0.606. The van der Waals surface area contributed by atoms with E-state index in [4.69, 9.17) is 21.2 Å². The highest BCUT2D eigenvalue weighted by Crippen LogP contribution is 2.20. The summed E-state index contributed by atoms with van der Waals surface area (Å²) in [6, 6.07) is 14.4. The van der Waals surface area contributed by atoms with Gasteiger partial charge in [-0.25, -0.2) is 0 Å². The number of carbonyl (C=O) groups excluding carboxylic acids is 1. The van der Waals surface area contributed by atoms with Crippen molar-refractivity contribution in [3.8, 4) is 5.75 Å². The van der Waals surface area contributed by atoms with Crippen LogP contribution in [0.2, 0.25) is 5.02 Å². The molecule has 0 aliphatic carbocycles. The molecular weight excluding hydrogens is 328 g/mol. The van der Waals surface area contributed by atoms with Gasteiger partial charge in [-0.2, -0.15) is 0 Å². The summed E-state index contributed by atoms with van der Waals surface area (Å²) >= 11 is 5.97. The molecule has 2 rings (SSSR count). The fraction of sp³-hybridized carbons (Fsp3) is 0.222. The summed E-state index contributed by atoms with van der Waals surface area (Å²) in [4.78, 5) is 16.8. The molecule has 0 saturated carbocycles. The molecule has 126 valence electrons. The lowest BCUT2D eigenvalue weighted by Gasteiger charge is -2.11. The summed E-state index contributed by atoms with van der Waals surface area (Å²) in [5, 5.41) is 6.93. The lowest BCUT2D eigenvalue weighted by atomic mass is 10.2. The normalized spacial score (nSPS) is 10.8. The molecule has 0 radical (unpaired) electrons. The van der Waals surface area contributed by atoms with Gasteiger partial charge in [-0.3, -0.25) is 4.79 Å². The molecule has 0 saturated heterocycles. The molecule has 2 aromatic rings. The van der Waals surface area contributed by atoms with Gasteiger partial charge in [0.1, 0.15) is 5.75 Å². The van der Waals surface area contributed by atoms with E-state index in [0.717, 1.165) is 5.56 Å². The average molecular weight is 347 g/mol. The number of carbonyl (C=O) groups is 1. The molecule has 1 amide bonds. The number of ether oxygens (including phenoxy) is 1. The first kappa shape index (κ1) is 17.8. The van der Waals surface area contributed by atoms with Crippen LogP contribution in [0.25, 0.3) is 0 Å². The van der Waals surface area contributed by atoms with Crippen LogP contribution in [0.15, 0.2) is 53.7 Å². The zero-order chi connectivity index (χ0) is 17.4. The molecule has 0 aliphatic rings. The molecule has 2 aromatic carbocycles. The van der Waals surface area contributed by atoms with Crippen LogP contribution in [0, 0.1) is 0 Å². The number of para-hydroxylation sites is 2. The number of hydrogen-bond donors (Lipinski definition) is 1. The highest BCUT2D eigenvalue weighted by Gasteiger charge is 2.06. The van der Waals surface area contributed by atoms with Crippen LogP contribution in [-0.2, 0) is 9.63 Å². The standard InChI is InChI=1S/C18H19ClN2O3/c1-13(2)24-17-10-6-3-7-14(17)11-20-23-12-18(22)21-16-9-5-4-8-15(16)19/h3-11,13H,12H2,1-2H3,(H,21,22). The van der Waals surface area contributed by atoms with Gasteiger partial charge in [-0.15, -0.1) is 0 Å². The van der Waals surface area contributed by atoms with Crippen molar-refractivity contribution in [2.24, 2.45) is 5.16 Å². The Bertz CT molecular complexity index is 717. The van der Waals surface area contributed by atoms with E-state index in [-0.39, 0.29) is 18.6 Å². The van der Waals surface area contributed by atoms with Gasteiger partial charge in [0.15, 0.2) is 6.61 Å². The van der Waals surface area contributed by atoms with E-state index in [1.165, 1.54) is 6.21 Å². The van der Waals surface area contributed by atoms with Crippen molar-refractivity contribution >= 4 is 29.4 Å². The number of anilines is 1. The fourth-order valence-corrected chi connectivity index (χ4v) is 2.07. The summed E-state index contributed by atoms with van der Waals surface area (Å²) in [6.45, 7) is 3.68. The van der Waals surface area contributed by atoms with Gasteiger partial charge >= 0.3 is 0 Å². The third kappa shape index (κ3) is 5.59. The van der Waals surface area contributed by atoms with Crippen LogP contribution >= 0.6 is 11.6 Å². The van der Waals surface area contributed by atoms with E-state index >= 15 is 0 Å². The predicted octanol–water partition coefficient (Wildman–Crippen LogP) is 4.12. The number of amides is 1. The van der Waals surface area contributed by atoms with E-state index in [1.54, 1.807) is 24.3 Å². The number of benzene rings is 2. The van der Waals surface area contributed by atoms with Crippen LogP contribution < -0.4 is 10.1 Å². The third-order valence-corrected chi connectivity index (χ3v) is 3.22. The zero-order valence-electron chi connectivity index (χ0n) is 13.5. The Morgan fingerprint density at radius 3 is 2.67 bits per heavy atom. The first-order chi connectivity index (χ1) is 11.6. The average Bonchev–Trinajstić information content (AvgIpc) is 2.55. The molecule has 0 heterocycles. The van der Waals surface area contributed by atoms with E-state index in [0.29, 0.717) is 16.5 Å². The molecule has 0 aromatic heterocycles. The third-order valence-electron chi connectivity index (χ3n) is 2.89. The zero-order valence-corrected chi connectivity index (χ0v) is 14.3. The molecule has 0 aliphatic heterocycles. The van der Waals surface area contributed by atoms with Crippen molar-refractivity contribution in [1.82, 2.24) is 0 Å². The fourth-order valence-electron chi connectivity index (χ4n) is 1.89. The summed E-state index contributed by atoms with van der Waals surface area (Å²) in [7, 11) is 0. The van der Waals surface area contributed by atoms with Crippen molar-refractivity contribution in [1.29, 1.82) is 0 Å².